The molecule has 10 heteroatoms. The molecule has 10 nitrogen and oxygen atoms in total. The maximum absolute atomic E-state index is 12.9. The molecular weight excluding hydrogens is 412 g/mol. The fourth-order valence-corrected chi connectivity index (χ4v) is 3.72. The predicted octanol–water partition coefficient (Wildman–Crippen LogP) is 1.42. The molecule has 4 heterocycles. The standard InChI is InChI=1S/C17H24N6O2.C5H10O2/c1-10(2)23-9-13(20-15(23)17(3,4)25)14(24)22-6-5-11-7-19-16(18)21-12(11)8-22;6-5-2-1-3-7-4-5/h7,9-10,25H,5-6,8H2,1-4H3,(H2,18,19,21);5-6H,1-4H2. The molecule has 1 unspecified atom stereocenters. The van der Waals surface area contributed by atoms with Crippen LogP contribution in [0.5, 0.6) is 0 Å². The Labute approximate surface area is 188 Å². The van der Waals surface area contributed by atoms with Crippen LogP contribution in [0.4, 0.5) is 5.95 Å². The highest BCUT2D eigenvalue weighted by Gasteiger charge is 2.30. The Morgan fingerprint density at radius 3 is 2.62 bits per heavy atom. The summed E-state index contributed by atoms with van der Waals surface area (Å²) in [4.78, 5) is 27.3. The van der Waals surface area contributed by atoms with E-state index in [9.17, 15) is 9.90 Å². The van der Waals surface area contributed by atoms with Gasteiger partial charge in [0.1, 0.15) is 17.1 Å². The molecule has 0 aliphatic carbocycles. The van der Waals surface area contributed by atoms with E-state index >= 15 is 0 Å². The molecule has 176 valence electrons. The molecule has 4 rings (SSSR count). The fourth-order valence-electron chi connectivity index (χ4n) is 3.72. The van der Waals surface area contributed by atoms with E-state index in [1.807, 2.05) is 18.4 Å². The van der Waals surface area contributed by atoms with Crippen LogP contribution in [0.15, 0.2) is 12.4 Å². The van der Waals surface area contributed by atoms with Crippen molar-refractivity contribution in [3.05, 3.63) is 35.2 Å². The van der Waals surface area contributed by atoms with Gasteiger partial charge in [-0.05, 0) is 52.5 Å². The van der Waals surface area contributed by atoms with Gasteiger partial charge in [0.05, 0.1) is 24.9 Å². The number of nitrogens with zero attached hydrogens (tertiary/aromatic N) is 5. The molecule has 4 N–H and O–H groups in total. The van der Waals surface area contributed by atoms with Crippen molar-refractivity contribution < 1.29 is 19.7 Å². The van der Waals surface area contributed by atoms with E-state index in [1.165, 1.54) is 0 Å². The highest BCUT2D eigenvalue weighted by Crippen LogP contribution is 2.24. The molecule has 0 radical (unpaired) electrons. The Bertz CT molecular complexity index is 931. The van der Waals surface area contributed by atoms with Crippen LogP contribution < -0.4 is 5.73 Å². The van der Waals surface area contributed by atoms with Crippen LogP contribution in [0, 0.1) is 0 Å². The van der Waals surface area contributed by atoms with E-state index < -0.39 is 5.60 Å². The molecule has 2 aromatic heterocycles. The van der Waals surface area contributed by atoms with Crippen LogP contribution in [0.25, 0.3) is 0 Å². The summed E-state index contributed by atoms with van der Waals surface area (Å²) in [6.07, 6.45) is 5.86. The molecule has 1 amide bonds. The average molecular weight is 447 g/mol. The van der Waals surface area contributed by atoms with Gasteiger partial charge >= 0.3 is 0 Å². The molecule has 2 aliphatic heterocycles. The summed E-state index contributed by atoms with van der Waals surface area (Å²) in [5.74, 6) is 0.518. The van der Waals surface area contributed by atoms with Gasteiger partial charge in [0, 0.05) is 31.6 Å². The molecule has 1 atom stereocenters. The number of aliphatic hydroxyl groups excluding tert-OH is 1. The molecule has 2 aliphatic rings. The summed E-state index contributed by atoms with van der Waals surface area (Å²) in [6.45, 7) is 9.64. The Kier molecular flexibility index (Phi) is 7.47. The van der Waals surface area contributed by atoms with E-state index in [2.05, 4.69) is 15.0 Å². The fraction of sp³-hybridized carbons (Fsp3) is 0.636. The summed E-state index contributed by atoms with van der Waals surface area (Å²) < 4.78 is 6.77. The second-order valence-corrected chi connectivity index (χ2v) is 9.06. The van der Waals surface area contributed by atoms with Gasteiger partial charge in [-0.2, -0.15) is 0 Å². The maximum Gasteiger partial charge on any atom is 0.274 e. The Morgan fingerprint density at radius 2 is 2.09 bits per heavy atom. The van der Waals surface area contributed by atoms with Crippen molar-refractivity contribution in [2.45, 2.75) is 71.2 Å². The number of aromatic nitrogens is 4. The average Bonchev–Trinajstić information content (AvgIpc) is 3.20. The summed E-state index contributed by atoms with van der Waals surface area (Å²) in [6, 6.07) is 0.0881. The molecule has 0 saturated carbocycles. The number of imidazole rings is 1. The summed E-state index contributed by atoms with van der Waals surface area (Å²) in [5.41, 5.74) is 6.65. The van der Waals surface area contributed by atoms with E-state index in [1.54, 1.807) is 31.1 Å². The molecule has 0 bridgehead atoms. The van der Waals surface area contributed by atoms with E-state index in [0.717, 1.165) is 30.7 Å². The topological polar surface area (TPSA) is 140 Å². The summed E-state index contributed by atoms with van der Waals surface area (Å²) in [7, 11) is 0. The number of fused-ring (bicyclic) bond motifs is 1. The predicted molar refractivity (Wildman–Crippen MR) is 119 cm³/mol. The zero-order valence-electron chi connectivity index (χ0n) is 19.3. The van der Waals surface area contributed by atoms with E-state index in [-0.39, 0.29) is 24.0 Å². The maximum atomic E-state index is 12.9. The van der Waals surface area contributed by atoms with Crippen LogP contribution in [0.1, 0.15) is 74.1 Å². The van der Waals surface area contributed by atoms with E-state index in [4.69, 9.17) is 15.6 Å². The Hall–Kier alpha value is -2.56. The van der Waals surface area contributed by atoms with Crippen molar-refractivity contribution in [3.63, 3.8) is 0 Å². The number of carbonyl (C=O) groups excluding carboxylic acids is 1. The second kappa shape index (κ2) is 9.93. The third kappa shape index (κ3) is 5.81. The zero-order valence-corrected chi connectivity index (χ0v) is 19.3. The first-order chi connectivity index (χ1) is 15.1. The zero-order chi connectivity index (χ0) is 23.5. The molecule has 0 aromatic carbocycles. The van der Waals surface area contributed by atoms with Gasteiger partial charge in [-0.25, -0.2) is 15.0 Å². The van der Waals surface area contributed by atoms with Gasteiger partial charge in [0.2, 0.25) is 5.95 Å². The van der Waals surface area contributed by atoms with Crippen LogP contribution in [0.3, 0.4) is 0 Å². The van der Waals surface area contributed by atoms with Gasteiger partial charge in [-0.3, -0.25) is 4.79 Å². The van der Waals surface area contributed by atoms with Gasteiger partial charge < -0.3 is 30.2 Å². The highest BCUT2D eigenvalue weighted by molar-refractivity contribution is 5.92. The lowest BCUT2D eigenvalue weighted by Gasteiger charge is -2.27. The summed E-state index contributed by atoms with van der Waals surface area (Å²) >= 11 is 0. The normalized spacial score (nSPS) is 18.7. The van der Waals surface area contributed by atoms with Crippen molar-refractivity contribution in [2.75, 3.05) is 25.5 Å². The number of nitrogen functional groups attached to an aromatic ring is 1. The van der Waals surface area contributed by atoms with Crippen LogP contribution >= 0.6 is 0 Å². The van der Waals surface area contributed by atoms with Crippen molar-refractivity contribution in [1.82, 2.24) is 24.4 Å². The molecule has 1 fully saturated rings. The Balaban J connectivity index is 0.000000352. The largest absolute Gasteiger partial charge is 0.391 e. The smallest absolute Gasteiger partial charge is 0.274 e. The summed E-state index contributed by atoms with van der Waals surface area (Å²) in [5, 5.41) is 19.1. The first-order valence-electron chi connectivity index (χ1n) is 11.0. The lowest BCUT2D eigenvalue weighted by Crippen LogP contribution is -2.37. The first kappa shape index (κ1) is 24.1. The Morgan fingerprint density at radius 1 is 1.34 bits per heavy atom. The van der Waals surface area contributed by atoms with Crippen molar-refractivity contribution >= 4 is 11.9 Å². The monoisotopic (exact) mass is 446 g/mol. The van der Waals surface area contributed by atoms with Gasteiger partial charge in [-0.1, -0.05) is 0 Å². The molecule has 32 heavy (non-hydrogen) atoms. The van der Waals surface area contributed by atoms with Crippen LogP contribution in [-0.2, 0) is 23.3 Å². The minimum atomic E-state index is -1.13. The van der Waals surface area contributed by atoms with Gasteiger partial charge in [0.15, 0.2) is 0 Å². The first-order valence-corrected chi connectivity index (χ1v) is 11.0. The van der Waals surface area contributed by atoms with Crippen molar-refractivity contribution in [1.29, 1.82) is 0 Å². The number of carbonyl (C=O) groups is 1. The SMILES string of the molecule is CC(C)n1cc(C(=O)N2CCc3cnc(N)nc3C2)nc1C(C)(C)O.OC1CCCOC1. The van der Waals surface area contributed by atoms with E-state index in [0.29, 0.717) is 37.6 Å². The number of nitrogens with two attached hydrogens (primary N) is 1. The minimum absolute atomic E-state index is 0.0881. The molecule has 2 aromatic rings. The number of anilines is 1. The number of aliphatic hydroxyl groups is 2. The third-order valence-electron chi connectivity index (χ3n) is 5.44. The second-order valence-electron chi connectivity index (χ2n) is 9.06. The number of hydrogen-bond donors (Lipinski definition) is 3. The van der Waals surface area contributed by atoms with Gasteiger partial charge in [-0.15, -0.1) is 0 Å². The number of rotatable bonds is 3. The van der Waals surface area contributed by atoms with Crippen LogP contribution in [-0.4, -0.2) is 66.4 Å². The lowest BCUT2D eigenvalue weighted by atomic mass is 10.1. The van der Waals surface area contributed by atoms with Crippen molar-refractivity contribution in [3.8, 4) is 0 Å². The lowest BCUT2D eigenvalue weighted by molar-refractivity contribution is -0.00535. The van der Waals surface area contributed by atoms with Gasteiger partial charge in [0.25, 0.3) is 5.91 Å². The van der Waals surface area contributed by atoms with Crippen LogP contribution in [0.2, 0.25) is 0 Å². The van der Waals surface area contributed by atoms with Crippen molar-refractivity contribution in [2.24, 2.45) is 0 Å². The number of amides is 1. The highest BCUT2D eigenvalue weighted by atomic mass is 16.5. The molecular formula is C22H34N6O4. The number of hydrogen-bond acceptors (Lipinski definition) is 8. The molecule has 0 spiro atoms. The third-order valence-corrected chi connectivity index (χ3v) is 5.44. The molecule has 1 saturated heterocycles. The quantitative estimate of drug-likeness (QED) is 0.643. The number of ether oxygens (including phenoxy) is 1. The minimum Gasteiger partial charge on any atom is -0.391 e.